The van der Waals surface area contributed by atoms with Crippen molar-refractivity contribution in [3.05, 3.63) is 64.7 Å². The Balaban J connectivity index is 0.00000136. The molecular weight excluding hydrogens is 387 g/mol. The van der Waals surface area contributed by atoms with E-state index in [0.717, 1.165) is 23.0 Å². The molecule has 0 saturated carbocycles. The van der Waals surface area contributed by atoms with Gasteiger partial charge in [0.05, 0.1) is 22.0 Å². The summed E-state index contributed by atoms with van der Waals surface area (Å²) in [6.07, 6.45) is -4.53. The van der Waals surface area contributed by atoms with Crippen LogP contribution in [-0.4, -0.2) is 34.7 Å². The van der Waals surface area contributed by atoms with Crippen molar-refractivity contribution in [3.63, 3.8) is 0 Å². The van der Waals surface area contributed by atoms with E-state index >= 15 is 0 Å². The van der Waals surface area contributed by atoms with Crippen molar-refractivity contribution in [1.29, 1.82) is 0 Å². The minimum atomic E-state index is -4.53. The van der Waals surface area contributed by atoms with Crippen LogP contribution >= 0.6 is 11.3 Å². The number of hydrogen-bond acceptors (Lipinski definition) is 3. The molecule has 0 radical (unpaired) electrons. The Kier molecular flexibility index (Phi) is 7.01. The Hall–Kier alpha value is -2.61. The molecule has 0 aliphatic carbocycles. The van der Waals surface area contributed by atoms with Crippen LogP contribution in [-0.2, 0) is 12.7 Å². The third-order valence-electron chi connectivity index (χ3n) is 3.72. The molecule has 2 heterocycles. The number of benzene rings is 1. The summed E-state index contributed by atoms with van der Waals surface area (Å²) < 4.78 is 40.8. The number of thiophene rings is 1. The molecule has 28 heavy (non-hydrogen) atoms. The van der Waals surface area contributed by atoms with Crippen molar-refractivity contribution >= 4 is 17.2 Å². The van der Waals surface area contributed by atoms with Gasteiger partial charge >= 0.3 is 6.18 Å². The standard InChI is InChI=1S/C18H16F3N3OS.C2H6/c1-23(2)17(25)15-9-8-14(26-15)13-10-16(18(19,20)21)22-24(13)11-12-6-4-3-5-7-12;1-2/h3-10H,11H2,1-2H3;1-2H3. The minimum Gasteiger partial charge on any atom is -0.344 e. The van der Waals surface area contributed by atoms with E-state index in [1.807, 2.05) is 44.2 Å². The molecule has 3 aromatic rings. The van der Waals surface area contributed by atoms with E-state index in [9.17, 15) is 18.0 Å². The third kappa shape index (κ3) is 5.01. The minimum absolute atomic E-state index is 0.189. The van der Waals surface area contributed by atoms with Crippen molar-refractivity contribution in [2.24, 2.45) is 0 Å². The van der Waals surface area contributed by atoms with E-state index in [1.54, 1.807) is 26.2 Å². The number of aromatic nitrogens is 2. The molecule has 0 atom stereocenters. The number of rotatable bonds is 4. The second kappa shape index (κ2) is 9.05. The van der Waals surface area contributed by atoms with Gasteiger partial charge in [-0.2, -0.15) is 18.3 Å². The maximum Gasteiger partial charge on any atom is 0.435 e. The molecule has 0 aliphatic heterocycles. The smallest absolute Gasteiger partial charge is 0.344 e. The predicted octanol–water partition coefficient (Wildman–Crippen LogP) is 5.41. The first-order chi connectivity index (χ1) is 13.3. The Morgan fingerprint density at radius 1 is 1.11 bits per heavy atom. The molecule has 0 bridgehead atoms. The lowest BCUT2D eigenvalue weighted by atomic mass is 10.2. The Labute approximate surface area is 166 Å². The second-order valence-electron chi connectivity index (χ2n) is 5.92. The fraction of sp³-hybridized carbons (Fsp3) is 0.300. The molecule has 2 aromatic heterocycles. The van der Waals surface area contributed by atoms with E-state index in [0.29, 0.717) is 15.4 Å². The maximum atomic E-state index is 13.1. The van der Waals surface area contributed by atoms with Gasteiger partial charge in [-0.3, -0.25) is 9.48 Å². The first-order valence-corrected chi connectivity index (χ1v) is 9.58. The molecule has 1 aromatic carbocycles. The number of alkyl halides is 3. The van der Waals surface area contributed by atoms with Crippen LogP contribution in [0.1, 0.15) is 34.8 Å². The molecular formula is C20H22F3N3OS. The van der Waals surface area contributed by atoms with Gasteiger partial charge in [0.25, 0.3) is 5.91 Å². The van der Waals surface area contributed by atoms with Crippen LogP contribution in [0.3, 0.4) is 0 Å². The van der Waals surface area contributed by atoms with Gasteiger partial charge in [0, 0.05) is 14.1 Å². The van der Waals surface area contributed by atoms with Crippen molar-refractivity contribution in [2.45, 2.75) is 26.6 Å². The quantitative estimate of drug-likeness (QED) is 0.578. The highest BCUT2D eigenvalue weighted by molar-refractivity contribution is 7.17. The molecule has 0 unspecified atom stereocenters. The monoisotopic (exact) mass is 409 g/mol. The van der Waals surface area contributed by atoms with Gasteiger partial charge in [0.1, 0.15) is 0 Å². The summed E-state index contributed by atoms with van der Waals surface area (Å²) in [6.45, 7) is 4.21. The number of hydrogen-bond donors (Lipinski definition) is 0. The van der Waals surface area contributed by atoms with Crippen LogP contribution in [0.5, 0.6) is 0 Å². The summed E-state index contributed by atoms with van der Waals surface area (Å²) in [5, 5.41) is 3.75. The van der Waals surface area contributed by atoms with E-state index in [2.05, 4.69) is 5.10 Å². The van der Waals surface area contributed by atoms with Gasteiger partial charge in [-0.15, -0.1) is 11.3 Å². The van der Waals surface area contributed by atoms with E-state index < -0.39 is 11.9 Å². The normalized spacial score (nSPS) is 11.0. The zero-order valence-corrected chi connectivity index (χ0v) is 16.9. The van der Waals surface area contributed by atoms with Crippen LogP contribution in [0.15, 0.2) is 48.5 Å². The number of halogens is 3. The van der Waals surface area contributed by atoms with Gasteiger partial charge in [0.15, 0.2) is 5.69 Å². The molecule has 8 heteroatoms. The summed E-state index contributed by atoms with van der Waals surface area (Å²) in [5.41, 5.74) is 0.230. The number of nitrogens with zero attached hydrogens (tertiary/aromatic N) is 3. The van der Waals surface area contributed by atoms with Crippen LogP contribution in [0.2, 0.25) is 0 Å². The first-order valence-electron chi connectivity index (χ1n) is 8.76. The molecule has 0 spiro atoms. The fourth-order valence-corrected chi connectivity index (χ4v) is 3.49. The fourth-order valence-electron chi connectivity index (χ4n) is 2.44. The summed E-state index contributed by atoms with van der Waals surface area (Å²) >= 11 is 1.15. The SMILES string of the molecule is CC.CN(C)C(=O)c1ccc(-c2cc(C(F)(F)F)nn2Cc2ccccc2)s1. The van der Waals surface area contributed by atoms with Crippen LogP contribution in [0.4, 0.5) is 13.2 Å². The average Bonchev–Trinajstić information content (AvgIpc) is 3.30. The van der Waals surface area contributed by atoms with Gasteiger partial charge in [-0.1, -0.05) is 44.2 Å². The molecule has 4 nitrogen and oxygen atoms in total. The van der Waals surface area contributed by atoms with Crippen molar-refractivity contribution in [3.8, 4) is 10.6 Å². The van der Waals surface area contributed by atoms with Crippen molar-refractivity contribution in [1.82, 2.24) is 14.7 Å². The third-order valence-corrected chi connectivity index (χ3v) is 4.82. The highest BCUT2D eigenvalue weighted by Gasteiger charge is 2.35. The number of amides is 1. The lowest BCUT2D eigenvalue weighted by molar-refractivity contribution is -0.141. The molecule has 0 fully saturated rings. The Bertz CT molecular complexity index is 914. The molecule has 1 amide bonds. The van der Waals surface area contributed by atoms with Crippen molar-refractivity contribution in [2.75, 3.05) is 14.1 Å². The van der Waals surface area contributed by atoms with E-state index in [4.69, 9.17) is 0 Å². The van der Waals surface area contributed by atoms with Gasteiger partial charge in [-0.05, 0) is 23.8 Å². The highest BCUT2D eigenvalue weighted by atomic mass is 32.1. The van der Waals surface area contributed by atoms with E-state index in [1.165, 1.54) is 9.58 Å². The lowest BCUT2D eigenvalue weighted by Crippen LogP contribution is -2.20. The summed E-state index contributed by atoms with van der Waals surface area (Å²) in [4.78, 5) is 14.5. The molecule has 3 rings (SSSR count). The number of carbonyl (C=O) groups excluding carboxylic acids is 1. The molecule has 0 saturated heterocycles. The van der Waals surface area contributed by atoms with Crippen LogP contribution in [0.25, 0.3) is 10.6 Å². The lowest BCUT2D eigenvalue weighted by Gasteiger charge is -2.08. The Morgan fingerprint density at radius 2 is 1.75 bits per heavy atom. The predicted molar refractivity (Wildman–Crippen MR) is 105 cm³/mol. The first kappa shape index (κ1) is 21.7. The van der Waals surface area contributed by atoms with Gasteiger partial charge in [0.2, 0.25) is 0 Å². The molecule has 0 N–H and O–H groups in total. The Morgan fingerprint density at radius 3 is 2.32 bits per heavy atom. The second-order valence-corrected chi connectivity index (χ2v) is 7.00. The molecule has 150 valence electrons. The summed E-state index contributed by atoms with van der Waals surface area (Å²) in [7, 11) is 3.26. The van der Waals surface area contributed by atoms with Crippen molar-refractivity contribution < 1.29 is 18.0 Å². The largest absolute Gasteiger partial charge is 0.435 e. The zero-order valence-electron chi connectivity index (χ0n) is 16.1. The highest BCUT2D eigenvalue weighted by Crippen LogP contribution is 2.35. The van der Waals surface area contributed by atoms with Crippen LogP contribution < -0.4 is 0 Å². The van der Waals surface area contributed by atoms with E-state index in [-0.39, 0.29) is 12.5 Å². The average molecular weight is 409 g/mol. The van der Waals surface area contributed by atoms with Crippen LogP contribution in [0, 0.1) is 0 Å². The summed E-state index contributed by atoms with van der Waals surface area (Å²) in [6, 6.07) is 13.4. The zero-order chi connectivity index (χ0) is 20.9. The maximum absolute atomic E-state index is 13.1. The topological polar surface area (TPSA) is 38.1 Å². The van der Waals surface area contributed by atoms with Gasteiger partial charge < -0.3 is 4.90 Å². The number of carbonyl (C=O) groups is 1. The molecule has 0 aliphatic rings. The summed E-state index contributed by atoms with van der Waals surface area (Å²) in [5.74, 6) is -0.189. The van der Waals surface area contributed by atoms with Gasteiger partial charge in [-0.25, -0.2) is 0 Å².